The molecule has 0 bridgehead atoms. The van der Waals surface area contributed by atoms with Crippen LogP contribution in [-0.4, -0.2) is 45.8 Å². The van der Waals surface area contributed by atoms with E-state index in [9.17, 15) is 4.79 Å². The number of carbonyl (C=O) groups is 1. The lowest BCUT2D eigenvalue weighted by molar-refractivity contribution is 0.0948. The van der Waals surface area contributed by atoms with Crippen molar-refractivity contribution in [3.05, 3.63) is 64.6 Å². The van der Waals surface area contributed by atoms with Gasteiger partial charge in [-0.1, -0.05) is 18.2 Å². The van der Waals surface area contributed by atoms with E-state index >= 15 is 0 Å². The number of hydrogen-bond acceptors (Lipinski definition) is 6. The van der Waals surface area contributed by atoms with Crippen LogP contribution >= 0.6 is 0 Å². The van der Waals surface area contributed by atoms with Crippen molar-refractivity contribution in [3.63, 3.8) is 0 Å². The molecule has 3 heterocycles. The molecule has 0 aliphatic carbocycles. The highest BCUT2D eigenvalue weighted by Gasteiger charge is 2.20. The molecule has 1 aliphatic rings. The summed E-state index contributed by atoms with van der Waals surface area (Å²) in [6.07, 6.45) is 0.816. The smallest absolute Gasteiger partial charge is 0.255 e. The Hall–Kier alpha value is -3.13. The largest absolute Gasteiger partial charge is 0.496 e. The van der Waals surface area contributed by atoms with Gasteiger partial charge in [-0.25, -0.2) is 0 Å². The first kappa shape index (κ1) is 20.2. The molecule has 4 rings (SSSR count). The Morgan fingerprint density at radius 2 is 2.03 bits per heavy atom. The highest BCUT2D eigenvalue weighted by Crippen LogP contribution is 2.20. The normalized spacial score (nSPS) is 14.2. The molecule has 1 N–H and O–H groups in total. The topological polar surface area (TPSA) is 85.4 Å². The zero-order valence-corrected chi connectivity index (χ0v) is 17.6. The maximum atomic E-state index is 12.5. The molecule has 0 spiro atoms. The summed E-state index contributed by atoms with van der Waals surface area (Å²) in [5.41, 5.74) is 1.74. The van der Waals surface area contributed by atoms with Crippen LogP contribution in [0.2, 0.25) is 0 Å². The number of para-hydroxylation sites is 1. The van der Waals surface area contributed by atoms with Gasteiger partial charge in [0, 0.05) is 38.2 Å². The number of hydrogen-bond donors (Lipinski definition) is 1. The van der Waals surface area contributed by atoms with Crippen LogP contribution in [0.3, 0.4) is 0 Å². The summed E-state index contributed by atoms with van der Waals surface area (Å²) >= 11 is 0. The van der Waals surface area contributed by atoms with Crippen molar-refractivity contribution < 1.29 is 13.9 Å². The molecule has 0 fully saturated rings. The van der Waals surface area contributed by atoms with Crippen molar-refractivity contribution in [1.82, 2.24) is 25.0 Å². The number of furan rings is 1. The number of ether oxygens (including phenoxy) is 1. The van der Waals surface area contributed by atoms with E-state index in [1.165, 1.54) is 5.56 Å². The maximum absolute atomic E-state index is 12.5. The van der Waals surface area contributed by atoms with Crippen molar-refractivity contribution in [2.75, 3.05) is 20.2 Å². The Labute approximate surface area is 175 Å². The standard InChI is InChI=1S/C22H27N5O3/c1-15-12-18(16(2)30-15)22(28)23-13-21-25-24-20-8-9-26(10-11-27(20)21)14-17-6-4-5-7-19(17)29-3/h4-7,12H,8-11,13-14H2,1-3H3,(H,23,28). The first-order chi connectivity index (χ1) is 14.5. The van der Waals surface area contributed by atoms with E-state index in [4.69, 9.17) is 9.15 Å². The van der Waals surface area contributed by atoms with Crippen LogP contribution in [0.1, 0.15) is 39.1 Å². The zero-order chi connectivity index (χ0) is 21.1. The van der Waals surface area contributed by atoms with Gasteiger partial charge in [0.1, 0.15) is 23.1 Å². The first-order valence-corrected chi connectivity index (χ1v) is 10.2. The van der Waals surface area contributed by atoms with Gasteiger partial charge in [-0.05, 0) is 26.0 Å². The Morgan fingerprint density at radius 3 is 2.80 bits per heavy atom. The monoisotopic (exact) mass is 409 g/mol. The number of amides is 1. The molecular weight excluding hydrogens is 382 g/mol. The summed E-state index contributed by atoms with van der Waals surface area (Å²) in [5, 5.41) is 11.6. The summed E-state index contributed by atoms with van der Waals surface area (Å²) in [4.78, 5) is 14.9. The first-order valence-electron chi connectivity index (χ1n) is 10.2. The predicted molar refractivity (Wildman–Crippen MR) is 111 cm³/mol. The molecule has 3 aromatic rings. The van der Waals surface area contributed by atoms with Gasteiger partial charge in [0.25, 0.3) is 5.91 Å². The van der Waals surface area contributed by atoms with Crippen LogP contribution in [0.4, 0.5) is 0 Å². The third kappa shape index (κ3) is 4.23. The molecule has 0 radical (unpaired) electrons. The summed E-state index contributed by atoms with van der Waals surface area (Å²) in [5.74, 6) is 3.83. The van der Waals surface area contributed by atoms with Crippen LogP contribution in [0.25, 0.3) is 0 Å². The minimum atomic E-state index is -0.159. The van der Waals surface area contributed by atoms with Crippen LogP contribution < -0.4 is 10.1 Å². The van der Waals surface area contributed by atoms with Gasteiger partial charge in [0.15, 0.2) is 5.82 Å². The Kier molecular flexibility index (Phi) is 5.85. The molecule has 2 aromatic heterocycles. The Balaban J connectivity index is 1.39. The van der Waals surface area contributed by atoms with Crippen LogP contribution in [-0.2, 0) is 26.1 Å². The minimum Gasteiger partial charge on any atom is -0.496 e. The number of nitrogens with one attached hydrogen (secondary N) is 1. The second kappa shape index (κ2) is 8.71. The summed E-state index contributed by atoms with van der Waals surface area (Å²) in [7, 11) is 1.70. The number of nitrogens with zero attached hydrogens (tertiary/aromatic N) is 4. The number of aromatic nitrogens is 3. The van der Waals surface area contributed by atoms with E-state index in [0.717, 1.165) is 55.8 Å². The number of aryl methyl sites for hydroxylation is 2. The predicted octanol–water partition coefficient (Wildman–Crippen LogP) is 2.48. The number of rotatable bonds is 6. The zero-order valence-electron chi connectivity index (χ0n) is 17.6. The van der Waals surface area contributed by atoms with E-state index in [2.05, 4.69) is 31.0 Å². The van der Waals surface area contributed by atoms with Crippen LogP contribution in [0.5, 0.6) is 5.75 Å². The highest BCUT2D eigenvalue weighted by molar-refractivity contribution is 5.95. The molecule has 30 heavy (non-hydrogen) atoms. The average molecular weight is 409 g/mol. The lowest BCUT2D eigenvalue weighted by Crippen LogP contribution is -2.28. The van der Waals surface area contributed by atoms with E-state index in [0.29, 0.717) is 17.9 Å². The van der Waals surface area contributed by atoms with Gasteiger partial charge in [0.2, 0.25) is 0 Å². The summed E-state index contributed by atoms with van der Waals surface area (Å²) in [6, 6.07) is 9.87. The fourth-order valence-electron chi connectivity index (χ4n) is 3.90. The van der Waals surface area contributed by atoms with Gasteiger partial charge in [-0.2, -0.15) is 0 Å². The molecule has 0 saturated heterocycles. The molecule has 1 amide bonds. The van der Waals surface area contributed by atoms with Gasteiger partial charge < -0.3 is 19.0 Å². The molecule has 0 unspecified atom stereocenters. The fraction of sp³-hybridized carbons (Fsp3) is 0.409. The minimum absolute atomic E-state index is 0.159. The molecule has 0 saturated carbocycles. The van der Waals surface area contributed by atoms with Crippen LogP contribution in [0.15, 0.2) is 34.7 Å². The fourth-order valence-corrected chi connectivity index (χ4v) is 3.90. The van der Waals surface area contributed by atoms with Crippen molar-refractivity contribution in [2.45, 2.75) is 39.9 Å². The molecule has 8 nitrogen and oxygen atoms in total. The quantitative estimate of drug-likeness (QED) is 0.673. The number of fused-ring (bicyclic) bond motifs is 1. The van der Waals surface area contributed by atoms with E-state index < -0.39 is 0 Å². The lowest BCUT2D eigenvalue weighted by Gasteiger charge is -2.21. The van der Waals surface area contributed by atoms with Crippen molar-refractivity contribution in [3.8, 4) is 5.75 Å². The third-order valence-electron chi connectivity index (χ3n) is 5.47. The molecule has 158 valence electrons. The van der Waals surface area contributed by atoms with Gasteiger partial charge in [0.05, 0.1) is 19.2 Å². The van der Waals surface area contributed by atoms with E-state index in [1.54, 1.807) is 20.1 Å². The van der Waals surface area contributed by atoms with E-state index in [-0.39, 0.29) is 5.91 Å². The molecule has 0 atom stereocenters. The maximum Gasteiger partial charge on any atom is 0.255 e. The SMILES string of the molecule is COc1ccccc1CN1CCc2nnc(CNC(=O)c3cc(C)oc3C)n2CC1. The van der Waals surface area contributed by atoms with Crippen molar-refractivity contribution >= 4 is 5.91 Å². The van der Waals surface area contributed by atoms with Crippen molar-refractivity contribution in [2.24, 2.45) is 0 Å². The van der Waals surface area contributed by atoms with Crippen molar-refractivity contribution in [1.29, 1.82) is 0 Å². The van der Waals surface area contributed by atoms with Gasteiger partial charge in [-0.3, -0.25) is 9.69 Å². The highest BCUT2D eigenvalue weighted by atomic mass is 16.5. The Bertz CT molecular complexity index is 1040. The summed E-state index contributed by atoms with van der Waals surface area (Å²) in [6.45, 7) is 7.35. The Morgan fingerprint density at radius 1 is 1.20 bits per heavy atom. The van der Waals surface area contributed by atoms with Gasteiger partial charge >= 0.3 is 0 Å². The van der Waals surface area contributed by atoms with Gasteiger partial charge in [-0.15, -0.1) is 10.2 Å². The third-order valence-corrected chi connectivity index (χ3v) is 5.47. The number of methoxy groups -OCH3 is 1. The number of carbonyl (C=O) groups excluding carboxylic acids is 1. The second-order valence-corrected chi connectivity index (χ2v) is 7.53. The molecule has 8 heteroatoms. The second-order valence-electron chi connectivity index (χ2n) is 7.53. The molecule has 1 aromatic carbocycles. The average Bonchev–Trinajstić information content (AvgIpc) is 3.23. The molecular formula is C22H27N5O3. The summed E-state index contributed by atoms with van der Waals surface area (Å²) < 4.78 is 13.1. The van der Waals surface area contributed by atoms with E-state index in [1.807, 2.05) is 25.1 Å². The lowest BCUT2D eigenvalue weighted by atomic mass is 10.2. The molecule has 1 aliphatic heterocycles. The van der Waals surface area contributed by atoms with Crippen LogP contribution in [0, 0.1) is 13.8 Å². The number of benzene rings is 1.